The number of fused-ring (bicyclic) bond motifs is 6. The van der Waals surface area contributed by atoms with Gasteiger partial charge in [0.15, 0.2) is 5.82 Å². The van der Waals surface area contributed by atoms with Crippen LogP contribution in [0.15, 0.2) is 152 Å². The van der Waals surface area contributed by atoms with Crippen LogP contribution in [0.5, 0.6) is 0 Å². The van der Waals surface area contributed by atoms with Gasteiger partial charge in [0.2, 0.25) is 0 Å². The van der Waals surface area contributed by atoms with Crippen LogP contribution in [-0.2, 0) is 0 Å². The van der Waals surface area contributed by atoms with Crippen molar-refractivity contribution in [1.82, 2.24) is 19.1 Å². The summed E-state index contributed by atoms with van der Waals surface area (Å²) in [5, 5.41) is 53.8. The molecular formula is C51H25N9. The van der Waals surface area contributed by atoms with E-state index in [0.29, 0.717) is 62.0 Å². The Bertz CT molecular complexity index is 3450. The van der Waals surface area contributed by atoms with E-state index in [2.05, 4.69) is 34.9 Å². The van der Waals surface area contributed by atoms with Gasteiger partial charge in [0.1, 0.15) is 6.07 Å². The number of nitrogens with zero attached hydrogens (tertiary/aromatic N) is 9. The molecule has 274 valence electrons. The molecule has 0 aliphatic heterocycles. The summed E-state index contributed by atoms with van der Waals surface area (Å²) in [5.74, 6) is 0.508. The minimum Gasteiger partial charge on any atom is -0.309 e. The Morgan fingerprint density at radius 2 is 0.783 bits per heavy atom. The van der Waals surface area contributed by atoms with Gasteiger partial charge in [-0.25, -0.2) is 9.97 Å². The maximum absolute atomic E-state index is 11.1. The molecule has 0 aliphatic rings. The van der Waals surface area contributed by atoms with Gasteiger partial charge in [0.05, 0.1) is 96.9 Å². The minimum absolute atomic E-state index is 0.346. The zero-order valence-corrected chi connectivity index (χ0v) is 31.5. The highest BCUT2D eigenvalue weighted by molar-refractivity contribution is 6.12. The van der Waals surface area contributed by atoms with Crippen LogP contribution in [0, 0.1) is 56.7 Å². The first-order chi connectivity index (χ1) is 29.5. The van der Waals surface area contributed by atoms with E-state index in [-0.39, 0.29) is 0 Å². The molecule has 7 aromatic carbocycles. The molecular weight excluding hydrogens is 739 g/mol. The van der Waals surface area contributed by atoms with E-state index in [4.69, 9.17) is 9.97 Å². The largest absolute Gasteiger partial charge is 0.309 e. The average molecular weight is 764 g/mol. The molecule has 0 saturated carbocycles. The predicted molar refractivity (Wildman–Crippen MR) is 231 cm³/mol. The van der Waals surface area contributed by atoms with Crippen LogP contribution in [-0.4, -0.2) is 19.1 Å². The summed E-state index contributed by atoms with van der Waals surface area (Å²) >= 11 is 0. The van der Waals surface area contributed by atoms with E-state index in [1.54, 1.807) is 24.3 Å². The molecule has 0 atom stereocenters. The minimum atomic E-state index is 0.346. The fraction of sp³-hybridized carbons (Fsp3) is 0. The van der Waals surface area contributed by atoms with E-state index < -0.39 is 0 Å². The Balaban J connectivity index is 1.37. The lowest BCUT2D eigenvalue weighted by atomic mass is 10.0. The molecule has 10 aromatic rings. The Labute approximate surface area is 343 Å². The van der Waals surface area contributed by atoms with Crippen LogP contribution in [0.3, 0.4) is 0 Å². The fourth-order valence-corrected chi connectivity index (χ4v) is 8.14. The second-order valence-corrected chi connectivity index (χ2v) is 14.2. The molecule has 0 amide bonds. The van der Waals surface area contributed by atoms with Crippen molar-refractivity contribution in [3.63, 3.8) is 0 Å². The van der Waals surface area contributed by atoms with Gasteiger partial charge < -0.3 is 9.13 Å². The molecule has 0 N–H and O–H groups in total. The molecule has 10 rings (SSSR count). The summed E-state index contributed by atoms with van der Waals surface area (Å²) in [6.45, 7) is 0. The van der Waals surface area contributed by atoms with Gasteiger partial charge in [0, 0.05) is 38.2 Å². The van der Waals surface area contributed by atoms with E-state index in [0.717, 1.165) is 54.7 Å². The molecule has 3 aromatic heterocycles. The normalized spacial score (nSPS) is 10.9. The van der Waals surface area contributed by atoms with Crippen LogP contribution < -0.4 is 0 Å². The van der Waals surface area contributed by atoms with E-state index in [9.17, 15) is 26.3 Å². The molecule has 0 aliphatic carbocycles. The summed E-state index contributed by atoms with van der Waals surface area (Å²) in [7, 11) is 0. The van der Waals surface area contributed by atoms with Gasteiger partial charge in [0.25, 0.3) is 0 Å². The lowest BCUT2D eigenvalue weighted by molar-refractivity contribution is 1.12. The summed E-state index contributed by atoms with van der Waals surface area (Å²) in [4.78, 5) is 10.3. The second-order valence-electron chi connectivity index (χ2n) is 14.2. The zero-order chi connectivity index (χ0) is 40.9. The quantitative estimate of drug-likeness (QED) is 0.169. The average Bonchev–Trinajstić information content (AvgIpc) is 3.82. The Morgan fingerprint density at radius 3 is 1.22 bits per heavy atom. The summed E-state index contributed by atoms with van der Waals surface area (Å²) in [5.41, 5.74) is 10.1. The molecule has 9 nitrogen and oxygen atoms in total. The van der Waals surface area contributed by atoms with Gasteiger partial charge in [-0.05, 0) is 91.0 Å². The van der Waals surface area contributed by atoms with Gasteiger partial charge in [-0.15, -0.1) is 0 Å². The lowest BCUT2D eigenvalue weighted by Gasteiger charge is -2.19. The zero-order valence-electron chi connectivity index (χ0n) is 31.5. The second kappa shape index (κ2) is 14.0. The van der Waals surface area contributed by atoms with E-state index >= 15 is 0 Å². The molecule has 0 fully saturated rings. The van der Waals surface area contributed by atoms with Crippen LogP contribution in [0.1, 0.15) is 27.8 Å². The van der Waals surface area contributed by atoms with Crippen molar-refractivity contribution in [2.24, 2.45) is 0 Å². The summed E-state index contributed by atoms with van der Waals surface area (Å²) < 4.78 is 4.06. The number of hydrogen-bond acceptors (Lipinski definition) is 7. The monoisotopic (exact) mass is 763 g/mol. The van der Waals surface area contributed by atoms with Crippen LogP contribution in [0.2, 0.25) is 0 Å². The fourth-order valence-electron chi connectivity index (χ4n) is 8.14. The highest BCUT2D eigenvalue weighted by atomic mass is 15.0. The third-order valence-electron chi connectivity index (χ3n) is 10.9. The molecule has 0 spiro atoms. The SMILES string of the molecule is N#Cc1ccc2c(c1)c1cc(C#N)ccc1n2-c1cc(-c2cc(-c3ccccc3)nc(-c3ccccc3)n2)c(-n2c3ccc(C#N)cc3c3cc(C#N)ccc32)cc1C#N. The van der Waals surface area contributed by atoms with Gasteiger partial charge in [-0.3, -0.25) is 0 Å². The number of hydrogen-bond donors (Lipinski definition) is 0. The number of nitriles is 5. The Hall–Kier alpha value is -9.33. The topological polar surface area (TPSA) is 155 Å². The molecule has 3 heterocycles. The maximum atomic E-state index is 11.1. The van der Waals surface area contributed by atoms with Crippen molar-refractivity contribution >= 4 is 43.6 Å². The van der Waals surface area contributed by atoms with Gasteiger partial charge in [-0.1, -0.05) is 60.7 Å². The van der Waals surface area contributed by atoms with Crippen molar-refractivity contribution in [3.8, 4) is 75.6 Å². The number of aromatic nitrogens is 4. The van der Waals surface area contributed by atoms with Crippen molar-refractivity contribution < 1.29 is 0 Å². The number of benzene rings is 7. The van der Waals surface area contributed by atoms with Crippen molar-refractivity contribution in [1.29, 1.82) is 26.3 Å². The molecule has 0 unspecified atom stereocenters. The molecule has 60 heavy (non-hydrogen) atoms. The first kappa shape index (κ1) is 35.1. The van der Waals surface area contributed by atoms with Crippen molar-refractivity contribution in [3.05, 3.63) is 179 Å². The first-order valence-corrected chi connectivity index (χ1v) is 18.9. The van der Waals surface area contributed by atoms with Crippen molar-refractivity contribution in [2.75, 3.05) is 0 Å². The van der Waals surface area contributed by atoms with E-state index in [1.807, 2.05) is 132 Å². The maximum Gasteiger partial charge on any atom is 0.160 e. The molecule has 0 bridgehead atoms. The van der Waals surface area contributed by atoms with Crippen LogP contribution in [0.4, 0.5) is 0 Å². The summed E-state index contributed by atoms with van der Waals surface area (Å²) in [6.07, 6.45) is 0. The van der Waals surface area contributed by atoms with Gasteiger partial charge in [-0.2, -0.15) is 26.3 Å². The van der Waals surface area contributed by atoms with Crippen molar-refractivity contribution in [2.45, 2.75) is 0 Å². The first-order valence-electron chi connectivity index (χ1n) is 18.9. The Morgan fingerprint density at radius 1 is 0.367 bits per heavy atom. The standard InChI is InChI=1S/C51H25N9/c52-26-31-11-15-45-38(19-31)39-20-32(27-53)12-16-46(39)59(45)49-24-42(44-25-43(35-7-3-1-4-8-35)57-51(58-44)36-9-5-2-6-10-36)50(23-37(49)30-56)60-47-17-13-33(28-54)21-40(47)41-22-34(29-55)14-18-48(41)60/h1-25H. The molecule has 0 radical (unpaired) electrons. The van der Waals surface area contributed by atoms with E-state index in [1.165, 1.54) is 0 Å². The Kier molecular flexibility index (Phi) is 8.19. The van der Waals surface area contributed by atoms with Crippen LogP contribution in [0.25, 0.3) is 88.9 Å². The van der Waals surface area contributed by atoms with Crippen LogP contribution >= 0.6 is 0 Å². The highest BCUT2D eigenvalue weighted by Gasteiger charge is 2.24. The predicted octanol–water partition coefficient (Wildman–Crippen LogP) is 11.0. The lowest BCUT2D eigenvalue weighted by Crippen LogP contribution is -2.05. The third kappa shape index (κ3) is 5.59. The highest BCUT2D eigenvalue weighted by Crippen LogP contribution is 2.42. The number of rotatable bonds is 5. The molecule has 0 saturated heterocycles. The molecule has 9 heteroatoms. The summed E-state index contributed by atoms with van der Waals surface area (Å²) in [6, 6.07) is 58.7. The van der Waals surface area contributed by atoms with Gasteiger partial charge >= 0.3 is 0 Å². The third-order valence-corrected chi connectivity index (χ3v) is 10.9. The smallest absolute Gasteiger partial charge is 0.160 e.